The first-order valence-corrected chi connectivity index (χ1v) is 11.5. The lowest BCUT2D eigenvalue weighted by Gasteiger charge is -2.29. The third-order valence-corrected chi connectivity index (χ3v) is 6.21. The van der Waals surface area contributed by atoms with E-state index < -0.39 is 11.7 Å². The van der Waals surface area contributed by atoms with Crippen LogP contribution < -0.4 is 16.0 Å². The normalized spacial score (nSPS) is 15.1. The number of amides is 1. The molecule has 184 valence electrons. The van der Waals surface area contributed by atoms with Crippen molar-refractivity contribution < 1.29 is 22.7 Å². The van der Waals surface area contributed by atoms with Gasteiger partial charge in [-0.05, 0) is 59.5 Å². The number of halogens is 3. The molecular formula is C27H28F3N3O2. The Morgan fingerprint density at radius 2 is 1.77 bits per heavy atom. The van der Waals surface area contributed by atoms with Crippen molar-refractivity contribution in [2.45, 2.75) is 25.7 Å². The summed E-state index contributed by atoms with van der Waals surface area (Å²) < 4.78 is 45.0. The van der Waals surface area contributed by atoms with Crippen LogP contribution in [0.3, 0.4) is 0 Å². The van der Waals surface area contributed by atoms with Crippen LogP contribution in [0.5, 0.6) is 0 Å². The topological polar surface area (TPSA) is 67.6 Å². The van der Waals surface area contributed by atoms with Gasteiger partial charge in [-0.1, -0.05) is 36.4 Å². The lowest BCUT2D eigenvalue weighted by molar-refractivity contribution is -0.137. The van der Waals surface area contributed by atoms with Gasteiger partial charge in [0.25, 0.3) is 5.91 Å². The lowest BCUT2D eigenvalue weighted by Crippen LogP contribution is -2.36. The maximum Gasteiger partial charge on any atom is 0.416 e. The fourth-order valence-corrected chi connectivity index (χ4v) is 4.18. The van der Waals surface area contributed by atoms with Gasteiger partial charge in [0.05, 0.1) is 24.8 Å². The largest absolute Gasteiger partial charge is 0.416 e. The summed E-state index contributed by atoms with van der Waals surface area (Å²) in [4.78, 5) is 15.1. The van der Waals surface area contributed by atoms with Gasteiger partial charge in [-0.15, -0.1) is 0 Å². The zero-order chi connectivity index (χ0) is 25.0. The van der Waals surface area contributed by atoms with Crippen molar-refractivity contribution in [1.82, 2.24) is 5.32 Å². The van der Waals surface area contributed by atoms with Crippen molar-refractivity contribution in [3.05, 3.63) is 89.0 Å². The molecule has 0 saturated carbocycles. The van der Waals surface area contributed by atoms with Crippen LogP contribution in [0.4, 0.5) is 18.9 Å². The van der Waals surface area contributed by atoms with E-state index in [2.05, 4.69) is 10.2 Å². The molecule has 0 radical (unpaired) electrons. The minimum Gasteiger partial charge on any atom is -0.378 e. The first-order chi connectivity index (χ1) is 16.8. The number of rotatable bonds is 6. The number of alkyl halides is 3. The number of benzene rings is 3. The summed E-state index contributed by atoms with van der Waals surface area (Å²) in [5.74, 6) is -0.194. The van der Waals surface area contributed by atoms with Gasteiger partial charge in [-0.2, -0.15) is 13.2 Å². The second kappa shape index (κ2) is 10.5. The summed E-state index contributed by atoms with van der Waals surface area (Å²) in [6.45, 7) is 4.89. The van der Waals surface area contributed by atoms with Crippen LogP contribution in [0.2, 0.25) is 0 Å². The number of morpholine rings is 1. The summed E-state index contributed by atoms with van der Waals surface area (Å²) >= 11 is 0. The third-order valence-electron chi connectivity index (χ3n) is 6.21. The van der Waals surface area contributed by atoms with Gasteiger partial charge in [0.1, 0.15) is 0 Å². The van der Waals surface area contributed by atoms with Crippen LogP contribution >= 0.6 is 0 Å². The molecule has 0 aromatic heterocycles. The molecular weight excluding hydrogens is 455 g/mol. The molecule has 1 fully saturated rings. The van der Waals surface area contributed by atoms with Crippen LogP contribution in [0, 0.1) is 0 Å². The van der Waals surface area contributed by atoms with E-state index in [-0.39, 0.29) is 18.5 Å². The van der Waals surface area contributed by atoms with E-state index in [9.17, 15) is 18.0 Å². The molecule has 0 bridgehead atoms. The van der Waals surface area contributed by atoms with E-state index in [4.69, 9.17) is 10.5 Å². The highest BCUT2D eigenvalue weighted by Crippen LogP contribution is 2.34. The van der Waals surface area contributed by atoms with Gasteiger partial charge in [0, 0.05) is 30.9 Å². The zero-order valence-electron chi connectivity index (χ0n) is 19.4. The zero-order valence-corrected chi connectivity index (χ0v) is 19.4. The molecule has 0 unspecified atom stereocenters. The van der Waals surface area contributed by atoms with Gasteiger partial charge in [-0.25, -0.2) is 0 Å². The standard InChI is InChI=1S/C27H28F3N3O2/c1-18(32-26(34)21-3-2-4-24(15-21)33-11-13-35-14-12-33)19-5-7-20(8-6-19)25-16-23(27(28,29)30)10-9-22(25)17-31/h2-10,15-16,18H,11-14,17,31H2,1H3,(H,32,34)/t18-/m1/s1. The Labute approximate surface area is 202 Å². The summed E-state index contributed by atoms with van der Waals surface area (Å²) in [7, 11) is 0. The Bertz CT molecular complexity index is 1170. The number of carbonyl (C=O) groups excluding carboxylic acids is 1. The Morgan fingerprint density at radius 3 is 2.43 bits per heavy atom. The maximum absolute atomic E-state index is 13.2. The number of nitrogens with two attached hydrogens (primary N) is 1. The van der Waals surface area contributed by atoms with Crippen molar-refractivity contribution in [3.63, 3.8) is 0 Å². The molecule has 3 aromatic carbocycles. The number of nitrogens with zero attached hydrogens (tertiary/aromatic N) is 1. The number of hydrogen-bond donors (Lipinski definition) is 2. The second-order valence-electron chi connectivity index (χ2n) is 8.54. The van der Waals surface area contributed by atoms with Crippen LogP contribution in [0.25, 0.3) is 11.1 Å². The summed E-state index contributed by atoms with van der Waals surface area (Å²) in [5, 5.41) is 3.00. The highest BCUT2D eigenvalue weighted by Gasteiger charge is 2.31. The number of ether oxygens (including phenoxy) is 1. The Balaban J connectivity index is 1.48. The van der Waals surface area contributed by atoms with E-state index >= 15 is 0 Å². The summed E-state index contributed by atoms with van der Waals surface area (Å²) in [5.41, 5.74) is 9.14. The molecule has 3 N–H and O–H groups in total. The lowest BCUT2D eigenvalue weighted by atomic mass is 9.95. The fraction of sp³-hybridized carbons (Fsp3) is 0.296. The first-order valence-electron chi connectivity index (χ1n) is 11.5. The van der Waals surface area contributed by atoms with Gasteiger partial charge >= 0.3 is 6.18 Å². The van der Waals surface area contributed by atoms with E-state index in [1.807, 2.05) is 37.3 Å². The average Bonchev–Trinajstić information content (AvgIpc) is 2.88. The van der Waals surface area contributed by atoms with Gasteiger partial charge < -0.3 is 20.7 Å². The molecule has 5 nitrogen and oxygen atoms in total. The predicted molar refractivity (Wildman–Crippen MR) is 130 cm³/mol. The Morgan fingerprint density at radius 1 is 1.06 bits per heavy atom. The van der Waals surface area contributed by atoms with Gasteiger partial charge in [0.15, 0.2) is 0 Å². The summed E-state index contributed by atoms with van der Waals surface area (Å²) in [6, 6.07) is 17.9. The molecule has 4 rings (SSSR count). The Hall–Kier alpha value is -3.36. The maximum atomic E-state index is 13.2. The predicted octanol–water partition coefficient (Wildman–Crippen LogP) is 5.16. The highest BCUT2D eigenvalue weighted by atomic mass is 19.4. The molecule has 0 aliphatic carbocycles. The molecule has 1 atom stereocenters. The number of anilines is 1. The van der Waals surface area contributed by atoms with Crippen LogP contribution in [0.1, 0.15) is 40.0 Å². The van der Waals surface area contributed by atoms with Crippen LogP contribution in [0.15, 0.2) is 66.7 Å². The fourth-order valence-electron chi connectivity index (χ4n) is 4.18. The quantitative estimate of drug-likeness (QED) is 0.508. The van der Waals surface area contributed by atoms with Crippen LogP contribution in [-0.4, -0.2) is 32.2 Å². The number of hydrogen-bond acceptors (Lipinski definition) is 4. The minimum absolute atomic E-state index is 0.130. The molecule has 35 heavy (non-hydrogen) atoms. The Kier molecular flexibility index (Phi) is 7.42. The van der Waals surface area contributed by atoms with Crippen LogP contribution in [-0.2, 0) is 17.5 Å². The smallest absolute Gasteiger partial charge is 0.378 e. The minimum atomic E-state index is -4.43. The molecule has 8 heteroatoms. The van der Waals surface area contributed by atoms with Crippen molar-refractivity contribution in [2.24, 2.45) is 5.73 Å². The van der Waals surface area contributed by atoms with E-state index in [1.165, 1.54) is 6.07 Å². The first kappa shape index (κ1) is 24.8. The average molecular weight is 484 g/mol. The highest BCUT2D eigenvalue weighted by molar-refractivity contribution is 5.95. The van der Waals surface area contributed by atoms with Crippen molar-refractivity contribution in [1.29, 1.82) is 0 Å². The molecule has 1 heterocycles. The third kappa shape index (κ3) is 5.83. The number of nitrogens with one attached hydrogen (secondary N) is 1. The van der Waals surface area contributed by atoms with Crippen molar-refractivity contribution in [2.75, 3.05) is 31.2 Å². The molecule has 1 aliphatic heterocycles. The SMILES string of the molecule is C[C@@H](NC(=O)c1cccc(N2CCOCC2)c1)c1ccc(-c2cc(C(F)(F)F)ccc2CN)cc1. The summed E-state index contributed by atoms with van der Waals surface area (Å²) in [6.07, 6.45) is -4.43. The monoisotopic (exact) mass is 483 g/mol. The van der Waals surface area contributed by atoms with E-state index in [0.717, 1.165) is 36.5 Å². The molecule has 3 aromatic rings. The van der Waals surface area contributed by atoms with Crippen molar-refractivity contribution in [3.8, 4) is 11.1 Å². The molecule has 1 aliphatic rings. The van der Waals surface area contributed by atoms with E-state index in [1.54, 1.807) is 18.2 Å². The molecule has 1 amide bonds. The van der Waals surface area contributed by atoms with Gasteiger partial charge in [0.2, 0.25) is 0 Å². The second-order valence-corrected chi connectivity index (χ2v) is 8.54. The van der Waals surface area contributed by atoms with Gasteiger partial charge in [-0.3, -0.25) is 4.79 Å². The molecule has 1 saturated heterocycles. The van der Waals surface area contributed by atoms with Crippen molar-refractivity contribution >= 4 is 11.6 Å². The molecule has 0 spiro atoms. The van der Waals surface area contributed by atoms with E-state index in [0.29, 0.717) is 35.5 Å². The number of carbonyl (C=O) groups is 1.